The molecule has 2 aliphatic rings. The van der Waals surface area contributed by atoms with Crippen LogP contribution in [-0.2, 0) is 18.8 Å². The molecule has 1 aromatic rings. The number of hydrogen-bond acceptors (Lipinski definition) is 6. The Bertz CT molecular complexity index is 953. The fourth-order valence-corrected chi connectivity index (χ4v) is 3.27. The zero-order valence-corrected chi connectivity index (χ0v) is 18.3. The van der Waals surface area contributed by atoms with Crippen LogP contribution in [0.5, 0.6) is 11.5 Å². The molecule has 33 heavy (non-hydrogen) atoms. The normalized spacial score (nSPS) is 21.7. The summed E-state index contributed by atoms with van der Waals surface area (Å²) in [4.78, 5) is 12.2. The van der Waals surface area contributed by atoms with E-state index in [-0.39, 0.29) is 17.6 Å². The van der Waals surface area contributed by atoms with E-state index in [1.165, 1.54) is 6.92 Å². The maximum Gasteiger partial charge on any atom is 0.573 e. The molecule has 6 nitrogen and oxygen atoms in total. The molecule has 0 radical (unpaired) electrons. The molecule has 2 heterocycles. The molecule has 2 aliphatic heterocycles. The summed E-state index contributed by atoms with van der Waals surface area (Å²) in [5.74, 6) is -2.51. The van der Waals surface area contributed by atoms with Crippen molar-refractivity contribution >= 4 is 24.6 Å². The zero-order valence-electron chi connectivity index (χ0n) is 18.3. The van der Waals surface area contributed by atoms with E-state index in [9.17, 15) is 31.1 Å². The lowest BCUT2D eigenvalue weighted by Gasteiger charge is -2.32. The predicted octanol–water partition coefficient (Wildman–Crippen LogP) is 4.15. The molecule has 0 aliphatic carbocycles. The van der Waals surface area contributed by atoms with Gasteiger partial charge < -0.3 is 23.5 Å². The molecule has 0 bridgehead atoms. The average molecular weight is 482 g/mol. The maximum absolute atomic E-state index is 13.7. The topological polar surface area (TPSA) is 63.2 Å². The fraction of sp³-hybridized carbons (Fsp3) is 0.550. The van der Waals surface area contributed by atoms with Crippen LogP contribution in [0.4, 0.5) is 26.3 Å². The first-order valence-electron chi connectivity index (χ1n) is 9.86. The van der Waals surface area contributed by atoms with Crippen LogP contribution in [0, 0.1) is 0 Å². The van der Waals surface area contributed by atoms with Gasteiger partial charge in [0.1, 0.15) is 11.5 Å². The Hall–Kier alpha value is -2.41. The minimum Gasteiger partial charge on any atom is -0.476 e. The van der Waals surface area contributed by atoms with E-state index in [1.807, 2.05) is 0 Å². The molecule has 0 amide bonds. The Balaban J connectivity index is 2.19. The minimum absolute atomic E-state index is 0.218. The summed E-state index contributed by atoms with van der Waals surface area (Å²) in [5.41, 5.74) is -3.32. The highest BCUT2D eigenvalue weighted by Crippen LogP contribution is 2.42. The second kappa shape index (κ2) is 8.12. The van der Waals surface area contributed by atoms with Gasteiger partial charge in [-0.1, -0.05) is 0 Å². The van der Waals surface area contributed by atoms with Crippen LogP contribution in [-0.4, -0.2) is 49.5 Å². The van der Waals surface area contributed by atoms with Crippen LogP contribution in [0.2, 0.25) is 0 Å². The van der Waals surface area contributed by atoms with Crippen molar-refractivity contribution in [3.63, 3.8) is 0 Å². The fourth-order valence-electron chi connectivity index (χ4n) is 3.27. The summed E-state index contributed by atoms with van der Waals surface area (Å²) in [6.07, 6.45) is -12.0. The zero-order chi connectivity index (χ0) is 25.0. The molecule has 0 aromatic heterocycles. The molecule has 182 valence electrons. The monoisotopic (exact) mass is 482 g/mol. The summed E-state index contributed by atoms with van der Waals surface area (Å²) >= 11 is 0. The molecule has 1 atom stereocenters. The van der Waals surface area contributed by atoms with E-state index in [4.69, 9.17) is 14.0 Å². The summed E-state index contributed by atoms with van der Waals surface area (Å²) in [5, 5.41) is 0. The van der Waals surface area contributed by atoms with Crippen LogP contribution < -0.4 is 14.9 Å². The summed E-state index contributed by atoms with van der Waals surface area (Å²) < 4.78 is 105. The number of halogens is 6. The molecule has 0 N–H and O–H groups in total. The van der Waals surface area contributed by atoms with E-state index < -0.39 is 60.0 Å². The number of hydrogen-bond donors (Lipinski definition) is 0. The van der Waals surface area contributed by atoms with Gasteiger partial charge in [-0.05, 0) is 52.8 Å². The van der Waals surface area contributed by atoms with Gasteiger partial charge in [0.2, 0.25) is 6.10 Å². The third kappa shape index (κ3) is 5.08. The molecule has 0 spiro atoms. The van der Waals surface area contributed by atoms with Gasteiger partial charge >= 0.3 is 25.6 Å². The number of esters is 1. The van der Waals surface area contributed by atoms with Gasteiger partial charge in [-0.3, -0.25) is 0 Å². The van der Waals surface area contributed by atoms with Crippen molar-refractivity contribution in [3.05, 3.63) is 23.3 Å². The van der Waals surface area contributed by atoms with Crippen molar-refractivity contribution in [2.45, 2.75) is 64.5 Å². The van der Waals surface area contributed by atoms with Gasteiger partial charge in [-0.15, -0.1) is 13.2 Å². The van der Waals surface area contributed by atoms with Gasteiger partial charge in [-0.25, -0.2) is 4.79 Å². The summed E-state index contributed by atoms with van der Waals surface area (Å²) in [7, 11) is -1.37. The van der Waals surface area contributed by atoms with Gasteiger partial charge in [0.05, 0.1) is 23.4 Å². The Labute approximate surface area is 185 Å². The van der Waals surface area contributed by atoms with Crippen molar-refractivity contribution in [2.75, 3.05) is 6.61 Å². The molecule has 1 saturated heterocycles. The van der Waals surface area contributed by atoms with Gasteiger partial charge in [-0.2, -0.15) is 13.2 Å². The van der Waals surface area contributed by atoms with E-state index in [0.29, 0.717) is 0 Å². The lowest BCUT2D eigenvalue weighted by molar-refractivity contribution is -0.274. The van der Waals surface area contributed by atoms with Crippen molar-refractivity contribution in [1.29, 1.82) is 0 Å². The van der Waals surface area contributed by atoms with Crippen molar-refractivity contribution in [3.8, 4) is 11.5 Å². The highest BCUT2D eigenvalue weighted by atomic mass is 19.4. The van der Waals surface area contributed by atoms with E-state index in [0.717, 1.165) is 18.2 Å². The number of carbonyl (C=O) groups is 1. The number of fused-ring (bicyclic) bond motifs is 1. The van der Waals surface area contributed by atoms with Crippen LogP contribution in [0.1, 0.15) is 40.2 Å². The number of carbonyl (C=O) groups excluding carboxylic acids is 1. The quantitative estimate of drug-likeness (QED) is 0.365. The van der Waals surface area contributed by atoms with Crippen LogP contribution >= 0.6 is 0 Å². The lowest BCUT2D eigenvalue weighted by atomic mass is 9.76. The van der Waals surface area contributed by atoms with Crippen molar-refractivity contribution < 1.29 is 54.7 Å². The minimum atomic E-state index is -5.08. The molecule has 13 heteroatoms. The van der Waals surface area contributed by atoms with Crippen LogP contribution in [0.3, 0.4) is 0 Å². The molecular formula is C20H21BF6O6. The maximum atomic E-state index is 13.7. The van der Waals surface area contributed by atoms with Gasteiger partial charge in [0, 0.05) is 11.0 Å². The number of alkyl halides is 6. The Morgan fingerprint density at radius 2 is 1.64 bits per heavy atom. The van der Waals surface area contributed by atoms with Gasteiger partial charge in [0.25, 0.3) is 0 Å². The molecule has 1 unspecified atom stereocenters. The second-order valence-corrected chi connectivity index (χ2v) is 8.43. The summed E-state index contributed by atoms with van der Waals surface area (Å²) in [6, 6.07) is 1.65. The number of benzene rings is 1. The smallest absolute Gasteiger partial charge is 0.476 e. The van der Waals surface area contributed by atoms with E-state index in [2.05, 4.69) is 9.47 Å². The molecule has 3 rings (SSSR count). The Kier molecular flexibility index (Phi) is 6.21. The highest BCUT2D eigenvalue weighted by Gasteiger charge is 2.55. The van der Waals surface area contributed by atoms with E-state index in [1.54, 1.807) is 27.7 Å². The lowest BCUT2D eigenvalue weighted by Crippen LogP contribution is -2.44. The van der Waals surface area contributed by atoms with Gasteiger partial charge in [0.15, 0.2) is 0 Å². The number of ether oxygens (including phenoxy) is 3. The Morgan fingerprint density at radius 1 is 1.06 bits per heavy atom. The standard InChI is InChI=1S/C20H21BF6O6/c1-6-29-16(28)12-8-10-7-11(31-20(25,26)27)9-13(14(10)30-15(12)19(22,23)24)21-32-17(2,3)18(4,5)33-21/h7-9,15H,6H2,1-5H3. The van der Waals surface area contributed by atoms with E-state index >= 15 is 0 Å². The first-order valence-corrected chi connectivity index (χ1v) is 9.86. The second-order valence-electron chi connectivity index (χ2n) is 8.43. The molecule has 1 fully saturated rings. The average Bonchev–Trinajstić information content (AvgIpc) is 2.85. The molecular weight excluding hydrogens is 461 g/mol. The predicted molar refractivity (Wildman–Crippen MR) is 104 cm³/mol. The third-order valence-corrected chi connectivity index (χ3v) is 5.50. The molecule has 1 aromatic carbocycles. The van der Waals surface area contributed by atoms with Crippen LogP contribution in [0.25, 0.3) is 6.08 Å². The van der Waals surface area contributed by atoms with Crippen molar-refractivity contribution in [1.82, 2.24) is 0 Å². The van der Waals surface area contributed by atoms with Crippen molar-refractivity contribution in [2.24, 2.45) is 0 Å². The first kappa shape index (κ1) is 25.2. The highest BCUT2D eigenvalue weighted by molar-refractivity contribution is 6.63. The first-order chi connectivity index (χ1) is 14.9. The van der Waals surface area contributed by atoms with Crippen LogP contribution in [0.15, 0.2) is 17.7 Å². The third-order valence-electron chi connectivity index (χ3n) is 5.50. The summed E-state index contributed by atoms with van der Waals surface area (Å²) in [6.45, 7) is 7.82. The Morgan fingerprint density at radius 3 is 2.12 bits per heavy atom. The number of rotatable bonds is 4. The largest absolute Gasteiger partial charge is 0.573 e. The molecule has 0 saturated carbocycles. The SMILES string of the molecule is CCOC(=O)C1=Cc2cc(OC(F)(F)F)cc(B3OC(C)(C)C(C)(C)O3)c2OC1C(F)(F)F.